The van der Waals surface area contributed by atoms with Crippen LogP contribution in [0.4, 0.5) is 20.2 Å². The minimum atomic E-state index is -0.924. The van der Waals surface area contributed by atoms with Crippen molar-refractivity contribution in [3.63, 3.8) is 0 Å². The fourth-order valence-electron chi connectivity index (χ4n) is 1.77. The zero-order valence-corrected chi connectivity index (χ0v) is 10.7. The molecule has 0 aliphatic rings. The highest BCUT2D eigenvalue weighted by Gasteiger charge is 2.14. The molecule has 2 nitrogen and oxygen atoms in total. The van der Waals surface area contributed by atoms with Gasteiger partial charge in [-0.2, -0.15) is 11.3 Å². The van der Waals surface area contributed by atoms with Crippen LogP contribution >= 0.6 is 11.3 Å². The van der Waals surface area contributed by atoms with E-state index in [1.54, 1.807) is 11.3 Å². The van der Waals surface area contributed by atoms with Crippen LogP contribution < -0.4 is 11.1 Å². The molecule has 1 aromatic carbocycles. The van der Waals surface area contributed by atoms with Crippen LogP contribution in [0.1, 0.15) is 12.5 Å². The summed E-state index contributed by atoms with van der Waals surface area (Å²) in [5, 5.41) is 6.94. The average Bonchev–Trinajstić information content (AvgIpc) is 2.82. The largest absolute Gasteiger partial charge is 0.397 e. The lowest BCUT2D eigenvalue weighted by Gasteiger charge is -2.17. The number of halogens is 2. The summed E-state index contributed by atoms with van der Waals surface area (Å²) in [7, 11) is 0. The van der Waals surface area contributed by atoms with Gasteiger partial charge in [0, 0.05) is 6.04 Å². The Labute approximate surface area is 108 Å². The Morgan fingerprint density at radius 3 is 2.78 bits per heavy atom. The maximum absolute atomic E-state index is 13.6. The van der Waals surface area contributed by atoms with Crippen LogP contribution in [0.5, 0.6) is 0 Å². The van der Waals surface area contributed by atoms with Gasteiger partial charge in [0.25, 0.3) is 0 Å². The van der Waals surface area contributed by atoms with Crippen molar-refractivity contribution < 1.29 is 8.78 Å². The summed E-state index contributed by atoms with van der Waals surface area (Å²) < 4.78 is 26.7. The third kappa shape index (κ3) is 2.79. The van der Waals surface area contributed by atoms with E-state index in [-0.39, 0.29) is 17.4 Å². The first kappa shape index (κ1) is 12.8. The summed E-state index contributed by atoms with van der Waals surface area (Å²) >= 11 is 1.61. The predicted octanol–water partition coefficient (Wildman–Crippen LogP) is 3.65. The summed E-state index contributed by atoms with van der Waals surface area (Å²) in [5.41, 5.74) is 7.06. The van der Waals surface area contributed by atoms with Crippen molar-refractivity contribution in [2.24, 2.45) is 0 Å². The number of thiophene rings is 1. The van der Waals surface area contributed by atoms with E-state index in [0.717, 1.165) is 18.1 Å². The topological polar surface area (TPSA) is 38.0 Å². The Balaban J connectivity index is 2.11. The second-order valence-corrected chi connectivity index (χ2v) is 4.99. The lowest BCUT2D eigenvalue weighted by Crippen LogP contribution is -2.20. The van der Waals surface area contributed by atoms with Crippen LogP contribution in [0, 0.1) is 11.6 Å². The highest BCUT2D eigenvalue weighted by Crippen LogP contribution is 2.25. The number of rotatable bonds is 4. The van der Waals surface area contributed by atoms with Crippen LogP contribution in [-0.4, -0.2) is 6.04 Å². The molecule has 0 saturated heterocycles. The van der Waals surface area contributed by atoms with Crippen molar-refractivity contribution in [3.05, 3.63) is 46.2 Å². The Bertz CT molecular complexity index is 526. The third-order valence-electron chi connectivity index (χ3n) is 2.64. The molecule has 1 atom stereocenters. The van der Waals surface area contributed by atoms with Crippen molar-refractivity contribution in [1.29, 1.82) is 0 Å². The van der Waals surface area contributed by atoms with E-state index in [9.17, 15) is 8.78 Å². The summed E-state index contributed by atoms with van der Waals surface area (Å²) in [4.78, 5) is 0. The number of benzene rings is 1. The van der Waals surface area contributed by atoms with Crippen LogP contribution in [0.3, 0.4) is 0 Å². The van der Waals surface area contributed by atoms with Gasteiger partial charge in [-0.05, 0) is 47.9 Å². The van der Waals surface area contributed by atoms with Crippen molar-refractivity contribution in [1.82, 2.24) is 0 Å². The molecular weight excluding hydrogens is 254 g/mol. The SMILES string of the molecule is CC(Cc1ccsc1)Nc1c(N)ccc(F)c1F. The zero-order valence-electron chi connectivity index (χ0n) is 9.91. The zero-order chi connectivity index (χ0) is 13.1. The minimum absolute atomic E-state index is 0.0294. The number of nitrogen functional groups attached to an aromatic ring is 1. The highest BCUT2D eigenvalue weighted by molar-refractivity contribution is 7.07. The fourth-order valence-corrected chi connectivity index (χ4v) is 2.45. The van der Waals surface area contributed by atoms with Gasteiger partial charge in [0.1, 0.15) is 0 Å². The molecule has 18 heavy (non-hydrogen) atoms. The molecule has 0 aliphatic carbocycles. The predicted molar refractivity (Wildman–Crippen MR) is 71.9 cm³/mol. The minimum Gasteiger partial charge on any atom is -0.397 e. The number of hydrogen-bond acceptors (Lipinski definition) is 3. The summed E-state index contributed by atoms with van der Waals surface area (Å²) in [5.74, 6) is -1.82. The van der Waals surface area contributed by atoms with Gasteiger partial charge in [-0.25, -0.2) is 8.78 Å². The quantitative estimate of drug-likeness (QED) is 0.831. The Hall–Kier alpha value is -1.62. The molecule has 0 spiro atoms. The molecule has 96 valence electrons. The Morgan fingerprint density at radius 2 is 2.11 bits per heavy atom. The number of nitrogens with two attached hydrogens (primary N) is 1. The van der Waals surface area contributed by atoms with Gasteiger partial charge in [-0.15, -0.1) is 0 Å². The van der Waals surface area contributed by atoms with Crippen LogP contribution in [0.2, 0.25) is 0 Å². The standard InChI is InChI=1S/C13H14F2N2S/c1-8(6-9-4-5-18-7-9)17-13-11(16)3-2-10(14)12(13)15/h2-5,7-8,17H,6,16H2,1H3. The second kappa shape index (κ2) is 5.35. The second-order valence-electron chi connectivity index (χ2n) is 4.21. The molecule has 0 radical (unpaired) electrons. The molecule has 1 unspecified atom stereocenters. The van der Waals surface area contributed by atoms with Gasteiger partial charge in [0.2, 0.25) is 0 Å². The first-order valence-electron chi connectivity index (χ1n) is 5.59. The molecule has 1 heterocycles. The molecule has 0 saturated carbocycles. The molecule has 3 N–H and O–H groups in total. The number of nitrogens with one attached hydrogen (secondary N) is 1. The third-order valence-corrected chi connectivity index (χ3v) is 3.37. The first-order valence-corrected chi connectivity index (χ1v) is 6.53. The van der Waals surface area contributed by atoms with Crippen LogP contribution in [-0.2, 0) is 6.42 Å². The summed E-state index contributed by atoms with van der Waals surface area (Å²) in [6.45, 7) is 1.90. The molecule has 1 aromatic heterocycles. The van der Waals surface area contributed by atoms with E-state index in [4.69, 9.17) is 5.73 Å². The highest BCUT2D eigenvalue weighted by atomic mass is 32.1. The Kier molecular flexibility index (Phi) is 3.81. The Morgan fingerprint density at radius 1 is 1.33 bits per heavy atom. The lowest BCUT2D eigenvalue weighted by atomic mass is 10.1. The molecule has 5 heteroatoms. The van der Waals surface area contributed by atoms with Crippen molar-refractivity contribution in [2.45, 2.75) is 19.4 Å². The van der Waals surface area contributed by atoms with E-state index in [1.165, 1.54) is 6.07 Å². The molecule has 0 amide bonds. The van der Waals surface area contributed by atoms with Gasteiger partial charge >= 0.3 is 0 Å². The summed E-state index contributed by atoms with van der Waals surface area (Å²) in [6, 6.07) is 4.36. The monoisotopic (exact) mass is 268 g/mol. The van der Waals surface area contributed by atoms with Gasteiger partial charge in [0.05, 0.1) is 11.4 Å². The van der Waals surface area contributed by atoms with Crippen LogP contribution in [0.15, 0.2) is 29.0 Å². The molecule has 2 aromatic rings. The molecule has 2 rings (SSSR count). The first-order chi connectivity index (χ1) is 8.58. The van der Waals surface area contributed by atoms with E-state index < -0.39 is 11.6 Å². The van der Waals surface area contributed by atoms with Gasteiger partial charge in [0.15, 0.2) is 11.6 Å². The summed E-state index contributed by atoms with van der Waals surface area (Å²) in [6.07, 6.45) is 0.735. The normalized spacial score (nSPS) is 12.4. The van der Waals surface area contributed by atoms with Gasteiger partial charge in [-0.3, -0.25) is 0 Å². The fraction of sp³-hybridized carbons (Fsp3) is 0.231. The average molecular weight is 268 g/mol. The number of hydrogen-bond donors (Lipinski definition) is 2. The van der Waals surface area contributed by atoms with E-state index in [2.05, 4.69) is 5.32 Å². The van der Waals surface area contributed by atoms with Gasteiger partial charge < -0.3 is 11.1 Å². The smallest absolute Gasteiger partial charge is 0.183 e. The maximum atomic E-state index is 13.6. The van der Waals surface area contributed by atoms with Crippen LogP contribution in [0.25, 0.3) is 0 Å². The van der Waals surface area contributed by atoms with E-state index in [0.29, 0.717) is 0 Å². The van der Waals surface area contributed by atoms with E-state index >= 15 is 0 Å². The molecule has 0 bridgehead atoms. The van der Waals surface area contributed by atoms with E-state index in [1.807, 2.05) is 23.8 Å². The molecular formula is C13H14F2N2S. The van der Waals surface area contributed by atoms with Crippen molar-refractivity contribution in [2.75, 3.05) is 11.1 Å². The van der Waals surface area contributed by atoms with Crippen molar-refractivity contribution in [3.8, 4) is 0 Å². The van der Waals surface area contributed by atoms with Crippen molar-refractivity contribution >= 4 is 22.7 Å². The van der Waals surface area contributed by atoms with Gasteiger partial charge in [-0.1, -0.05) is 0 Å². The molecule has 0 aliphatic heterocycles. The molecule has 0 fully saturated rings. The lowest BCUT2D eigenvalue weighted by molar-refractivity contribution is 0.510. The number of anilines is 2. The maximum Gasteiger partial charge on any atom is 0.183 e.